The van der Waals surface area contributed by atoms with Crippen LogP contribution < -0.4 is 5.73 Å². The highest BCUT2D eigenvalue weighted by atomic mass is 19.4. The molecule has 3 saturated heterocycles. The third-order valence-corrected chi connectivity index (χ3v) is 7.26. The molecule has 4 rings (SSSR count). The number of nitrogens with two attached hydrogens (primary N) is 1. The molecule has 3 fully saturated rings. The van der Waals surface area contributed by atoms with E-state index >= 15 is 0 Å². The highest BCUT2D eigenvalue weighted by molar-refractivity contribution is 5.87. The molecular weight excluding hydrogens is 492 g/mol. The van der Waals surface area contributed by atoms with E-state index in [-0.39, 0.29) is 30.6 Å². The van der Waals surface area contributed by atoms with Gasteiger partial charge in [0.25, 0.3) is 0 Å². The second kappa shape index (κ2) is 9.23. The molecule has 0 aliphatic carbocycles. The zero-order valence-electron chi connectivity index (χ0n) is 19.3. The number of piperazine rings is 1. The second-order valence-electron chi connectivity index (χ2n) is 9.55. The van der Waals surface area contributed by atoms with Crippen molar-refractivity contribution in [1.29, 1.82) is 5.26 Å². The predicted molar refractivity (Wildman–Crippen MR) is 114 cm³/mol. The van der Waals surface area contributed by atoms with Crippen LogP contribution in [0, 0.1) is 11.3 Å². The van der Waals surface area contributed by atoms with Crippen LogP contribution in [0.4, 0.5) is 26.3 Å². The Kier molecular flexibility index (Phi) is 6.72. The number of nitriles is 1. The Labute approximate surface area is 203 Å². The summed E-state index contributed by atoms with van der Waals surface area (Å²) in [5.41, 5.74) is 2.97. The second-order valence-corrected chi connectivity index (χ2v) is 9.55. The topological polar surface area (TPSA) is 93.7 Å². The fraction of sp³-hybridized carbons (Fsp3) is 0.609. The summed E-state index contributed by atoms with van der Waals surface area (Å²) in [6, 6.07) is -0.208. The largest absolute Gasteiger partial charge is 0.416 e. The molecule has 1 aromatic rings. The summed E-state index contributed by atoms with van der Waals surface area (Å²) in [5, 5.41) is 9.20. The fourth-order valence-corrected chi connectivity index (χ4v) is 5.49. The number of halogens is 6. The molecule has 0 radical (unpaired) electrons. The molecule has 13 heteroatoms. The van der Waals surface area contributed by atoms with E-state index in [1.54, 1.807) is 4.90 Å². The molecule has 3 heterocycles. The Morgan fingerprint density at radius 3 is 2.31 bits per heavy atom. The number of carbonyl (C=O) groups excluding carboxylic acids is 2. The molecule has 196 valence electrons. The SMILES string of the molecule is C[C@@H](c1cc(C(F)(F)F)cc(C(F)(F)F)c1)N1C(=O)[C@H]2C[C@H]1CN2C[C@H](N)C(=O)N1CCC[C@H]1C#N. The van der Waals surface area contributed by atoms with Gasteiger partial charge in [-0.15, -0.1) is 0 Å². The summed E-state index contributed by atoms with van der Waals surface area (Å²) >= 11 is 0. The predicted octanol–water partition coefficient (Wildman–Crippen LogP) is 2.91. The van der Waals surface area contributed by atoms with Crippen molar-refractivity contribution in [2.24, 2.45) is 5.73 Å². The molecule has 1 aromatic carbocycles. The number of alkyl halides is 6. The van der Waals surface area contributed by atoms with Gasteiger partial charge in [0.15, 0.2) is 0 Å². The van der Waals surface area contributed by atoms with Gasteiger partial charge in [-0.2, -0.15) is 31.6 Å². The first-order chi connectivity index (χ1) is 16.7. The van der Waals surface area contributed by atoms with Crippen LogP contribution in [-0.4, -0.2) is 70.3 Å². The monoisotopic (exact) mass is 517 g/mol. The van der Waals surface area contributed by atoms with E-state index in [0.717, 1.165) is 0 Å². The first kappa shape index (κ1) is 26.2. The van der Waals surface area contributed by atoms with Gasteiger partial charge < -0.3 is 15.5 Å². The van der Waals surface area contributed by atoms with Crippen molar-refractivity contribution in [3.05, 3.63) is 34.9 Å². The summed E-state index contributed by atoms with van der Waals surface area (Å²) < 4.78 is 79.7. The normalized spacial score (nSPS) is 26.4. The van der Waals surface area contributed by atoms with Crippen LogP contribution in [0.2, 0.25) is 0 Å². The number of benzene rings is 1. The lowest BCUT2D eigenvalue weighted by Crippen LogP contribution is -2.56. The zero-order chi connectivity index (χ0) is 26.6. The summed E-state index contributed by atoms with van der Waals surface area (Å²) in [7, 11) is 0. The lowest BCUT2D eigenvalue weighted by Gasteiger charge is -2.38. The van der Waals surface area contributed by atoms with Gasteiger partial charge in [-0.1, -0.05) is 0 Å². The number of amides is 2. The molecule has 2 bridgehead atoms. The maximum absolute atomic E-state index is 13.3. The van der Waals surface area contributed by atoms with E-state index in [9.17, 15) is 41.2 Å². The highest BCUT2D eigenvalue weighted by Gasteiger charge is 2.52. The standard InChI is InChI=1S/C23H25F6N5O2/c1-12(13-5-14(22(24,25)26)7-15(6-13)23(27,28)29)34-17-8-19(21(34)36)32(10-17)11-18(31)20(35)33-4-2-3-16(33)9-30/h5-7,12,16-19H,2-4,8,10-11,31H2,1H3/t12-,16-,17-,18-,19+/m0/s1. The smallest absolute Gasteiger partial charge is 0.330 e. The van der Waals surface area contributed by atoms with Crippen molar-refractivity contribution < 1.29 is 35.9 Å². The molecule has 3 aliphatic heterocycles. The molecule has 0 saturated carbocycles. The van der Waals surface area contributed by atoms with Crippen LogP contribution in [0.1, 0.15) is 48.9 Å². The number of nitrogens with zero attached hydrogens (tertiary/aromatic N) is 4. The van der Waals surface area contributed by atoms with Crippen LogP contribution in [-0.2, 0) is 21.9 Å². The summed E-state index contributed by atoms with van der Waals surface area (Å²) in [6.07, 6.45) is -8.37. The molecule has 7 nitrogen and oxygen atoms in total. The number of likely N-dealkylation sites (tertiary alicyclic amines) is 3. The van der Waals surface area contributed by atoms with Gasteiger partial charge in [-0.05, 0) is 49.9 Å². The molecule has 0 aromatic heterocycles. The zero-order valence-corrected chi connectivity index (χ0v) is 19.3. The Morgan fingerprint density at radius 1 is 1.17 bits per heavy atom. The molecule has 2 amide bonds. The summed E-state index contributed by atoms with van der Waals surface area (Å²) in [4.78, 5) is 30.3. The van der Waals surface area contributed by atoms with Crippen molar-refractivity contribution >= 4 is 11.8 Å². The minimum Gasteiger partial charge on any atom is -0.330 e. The molecular formula is C23H25F6N5O2. The maximum atomic E-state index is 13.3. The van der Waals surface area contributed by atoms with Gasteiger partial charge in [0.2, 0.25) is 11.8 Å². The molecule has 5 atom stereocenters. The molecule has 0 unspecified atom stereocenters. The van der Waals surface area contributed by atoms with Gasteiger partial charge in [0.1, 0.15) is 6.04 Å². The third-order valence-electron chi connectivity index (χ3n) is 7.26. The summed E-state index contributed by atoms with van der Waals surface area (Å²) in [5.74, 6) is -0.816. The minimum atomic E-state index is -4.98. The summed E-state index contributed by atoms with van der Waals surface area (Å²) in [6.45, 7) is 2.18. The van der Waals surface area contributed by atoms with Crippen LogP contribution in [0.25, 0.3) is 0 Å². The van der Waals surface area contributed by atoms with Crippen molar-refractivity contribution in [3.8, 4) is 6.07 Å². The first-order valence-corrected chi connectivity index (χ1v) is 11.5. The fourth-order valence-electron chi connectivity index (χ4n) is 5.49. The van der Waals surface area contributed by atoms with Crippen LogP contribution >= 0.6 is 0 Å². The average molecular weight is 517 g/mol. The van der Waals surface area contributed by atoms with E-state index in [4.69, 9.17) is 5.73 Å². The number of hydrogen-bond acceptors (Lipinski definition) is 5. The number of hydrogen-bond donors (Lipinski definition) is 1. The molecule has 3 aliphatic rings. The van der Waals surface area contributed by atoms with Gasteiger partial charge >= 0.3 is 12.4 Å². The lowest BCUT2D eigenvalue weighted by molar-refractivity contribution is -0.143. The quantitative estimate of drug-likeness (QED) is 0.607. The van der Waals surface area contributed by atoms with Crippen molar-refractivity contribution in [2.75, 3.05) is 19.6 Å². The third kappa shape index (κ3) is 4.76. The van der Waals surface area contributed by atoms with Gasteiger partial charge in [-0.3, -0.25) is 14.5 Å². The van der Waals surface area contributed by atoms with E-state index in [0.29, 0.717) is 37.9 Å². The van der Waals surface area contributed by atoms with E-state index in [1.165, 1.54) is 16.7 Å². The lowest BCUT2D eigenvalue weighted by atomic mass is 9.98. The van der Waals surface area contributed by atoms with Crippen molar-refractivity contribution in [2.45, 2.75) is 68.7 Å². The van der Waals surface area contributed by atoms with E-state index in [2.05, 4.69) is 6.07 Å². The number of carbonyl (C=O) groups is 2. The Bertz CT molecular complexity index is 1050. The van der Waals surface area contributed by atoms with Gasteiger partial charge in [-0.25, -0.2) is 0 Å². The minimum absolute atomic E-state index is 0.0599. The van der Waals surface area contributed by atoms with E-state index in [1.807, 2.05) is 0 Å². The van der Waals surface area contributed by atoms with Crippen LogP contribution in [0.5, 0.6) is 0 Å². The molecule has 2 N–H and O–H groups in total. The number of fused-ring (bicyclic) bond motifs is 2. The molecule has 36 heavy (non-hydrogen) atoms. The maximum Gasteiger partial charge on any atom is 0.416 e. The van der Waals surface area contributed by atoms with Crippen molar-refractivity contribution in [1.82, 2.24) is 14.7 Å². The number of rotatable bonds is 5. The average Bonchev–Trinajstić information content (AvgIpc) is 3.51. The highest BCUT2D eigenvalue weighted by Crippen LogP contribution is 2.42. The Balaban J connectivity index is 1.49. The van der Waals surface area contributed by atoms with Crippen LogP contribution in [0.15, 0.2) is 18.2 Å². The molecule has 0 spiro atoms. The Morgan fingerprint density at radius 2 is 1.78 bits per heavy atom. The van der Waals surface area contributed by atoms with Gasteiger partial charge in [0.05, 0.1) is 35.3 Å². The van der Waals surface area contributed by atoms with Gasteiger partial charge in [0, 0.05) is 25.7 Å². The van der Waals surface area contributed by atoms with E-state index < -0.39 is 59.6 Å². The first-order valence-electron chi connectivity index (χ1n) is 11.5. The van der Waals surface area contributed by atoms with Crippen LogP contribution in [0.3, 0.4) is 0 Å². The van der Waals surface area contributed by atoms with Crippen molar-refractivity contribution in [3.63, 3.8) is 0 Å². The Hall–Kier alpha value is -2.85.